The lowest BCUT2D eigenvalue weighted by Crippen LogP contribution is -2.26. The van der Waals surface area contributed by atoms with E-state index in [4.69, 9.17) is 4.74 Å². The SMILES string of the molecule is Cc1ccc(S(=O)(=O)CCOC(C)(C)c2csc(NC(=O)c3cccn3Cc3ccncc3)n2)cc1. The Morgan fingerprint density at radius 3 is 2.56 bits per heavy atom. The Bertz CT molecular complexity index is 1430. The molecule has 36 heavy (non-hydrogen) atoms. The molecule has 0 saturated heterocycles. The zero-order chi connectivity index (χ0) is 25.8. The third-order valence-corrected chi connectivity index (χ3v) is 8.15. The third kappa shape index (κ3) is 6.26. The Kier molecular flexibility index (Phi) is 7.67. The molecule has 4 aromatic rings. The lowest BCUT2D eigenvalue weighted by molar-refractivity contribution is -0.0157. The molecule has 0 fully saturated rings. The van der Waals surface area contributed by atoms with Gasteiger partial charge in [-0.1, -0.05) is 17.7 Å². The largest absolute Gasteiger partial charge is 0.368 e. The second-order valence-corrected chi connectivity index (χ2v) is 11.8. The molecule has 1 aromatic carbocycles. The van der Waals surface area contributed by atoms with E-state index in [-0.39, 0.29) is 23.2 Å². The van der Waals surface area contributed by atoms with Gasteiger partial charge in [-0.2, -0.15) is 0 Å². The average Bonchev–Trinajstić information content (AvgIpc) is 3.50. The first kappa shape index (κ1) is 25.7. The van der Waals surface area contributed by atoms with Gasteiger partial charge in [-0.25, -0.2) is 13.4 Å². The molecule has 1 N–H and O–H groups in total. The molecule has 0 aliphatic rings. The highest BCUT2D eigenvalue weighted by Gasteiger charge is 2.26. The number of aromatic nitrogens is 3. The van der Waals surface area contributed by atoms with Crippen LogP contribution >= 0.6 is 11.3 Å². The summed E-state index contributed by atoms with van der Waals surface area (Å²) in [6, 6.07) is 14.2. The number of anilines is 1. The van der Waals surface area contributed by atoms with E-state index in [1.165, 1.54) is 11.3 Å². The van der Waals surface area contributed by atoms with Crippen LogP contribution in [0.3, 0.4) is 0 Å². The molecule has 0 bridgehead atoms. The monoisotopic (exact) mass is 524 g/mol. The Labute approximate surface area is 214 Å². The van der Waals surface area contributed by atoms with Gasteiger partial charge in [0, 0.05) is 30.5 Å². The number of amides is 1. The molecule has 10 heteroatoms. The quantitative estimate of drug-likeness (QED) is 0.323. The number of rotatable bonds is 10. The van der Waals surface area contributed by atoms with E-state index in [2.05, 4.69) is 15.3 Å². The number of nitrogens with zero attached hydrogens (tertiary/aromatic N) is 3. The predicted octanol–water partition coefficient (Wildman–Crippen LogP) is 4.67. The third-order valence-electron chi connectivity index (χ3n) is 5.70. The number of thiazole rings is 1. The maximum atomic E-state index is 12.9. The van der Waals surface area contributed by atoms with E-state index in [1.54, 1.807) is 48.1 Å². The summed E-state index contributed by atoms with van der Waals surface area (Å²) in [6.45, 7) is 6.13. The first-order chi connectivity index (χ1) is 17.1. The summed E-state index contributed by atoms with van der Waals surface area (Å²) in [6.07, 6.45) is 5.29. The van der Waals surface area contributed by atoms with E-state index >= 15 is 0 Å². The number of ether oxygens (including phenoxy) is 1. The van der Waals surface area contributed by atoms with Crippen LogP contribution in [-0.2, 0) is 26.7 Å². The Hall–Kier alpha value is -3.34. The normalized spacial score (nSPS) is 12.0. The molecule has 0 spiro atoms. The summed E-state index contributed by atoms with van der Waals surface area (Å²) in [5, 5.41) is 5.10. The van der Waals surface area contributed by atoms with Crippen molar-refractivity contribution >= 4 is 32.2 Å². The first-order valence-corrected chi connectivity index (χ1v) is 13.9. The summed E-state index contributed by atoms with van der Waals surface area (Å²) in [4.78, 5) is 21.7. The van der Waals surface area contributed by atoms with Crippen molar-refractivity contribution in [3.63, 3.8) is 0 Å². The van der Waals surface area contributed by atoms with Crippen molar-refractivity contribution < 1.29 is 17.9 Å². The minimum Gasteiger partial charge on any atom is -0.368 e. The van der Waals surface area contributed by atoms with Crippen LogP contribution in [0.15, 0.2) is 77.4 Å². The second kappa shape index (κ2) is 10.7. The van der Waals surface area contributed by atoms with Gasteiger partial charge in [0.25, 0.3) is 5.91 Å². The predicted molar refractivity (Wildman–Crippen MR) is 140 cm³/mol. The number of pyridine rings is 1. The Morgan fingerprint density at radius 1 is 1.11 bits per heavy atom. The van der Waals surface area contributed by atoms with Crippen molar-refractivity contribution in [3.05, 3.63) is 95.0 Å². The summed E-state index contributed by atoms with van der Waals surface area (Å²) in [5.74, 6) is -0.403. The van der Waals surface area contributed by atoms with Crippen molar-refractivity contribution in [2.24, 2.45) is 0 Å². The molecule has 4 rings (SSSR count). The molecule has 0 aliphatic carbocycles. The number of nitrogens with one attached hydrogen (secondary N) is 1. The molecule has 0 saturated carbocycles. The van der Waals surface area contributed by atoms with Crippen molar-refractivity contribution in [1.82, 2.24) is 14.5 Å². The van der Waals surface area contributed by atoms with Crippen LogP contribution in [0.2, 0.25) is 0 Å². The highest BCUT2D eigenvalue weighted by atomic mass is 32.2. The molecule has 8 nitrogen and oxygen atoms in total. The number of carbonyl (C=O) groups is 1. The number of carbonyl (C=O) groups excluding carboxylic acids is 1. The molecule has 3 heterocycles. The fourth-order valence-electron chi connectivity index (χ4n) is 3.56. The summed E-state index contributed by atoms with van der Waals surface area (Å²) >= 11 is 1.29. The highest BCUT2D eigenvalue weighted by molar-refractivity contribution is 7.91. The van der Waals surface area contributed by atoms with Gasteiger partial charge in [0.1, 0.15) is 11.3 Å². The van der Waals surface area contributed by atoms with Gasteiger partial charge >= 0.3 is 0 Å². The molecule has 0 unspecified atom stereocenters. The first-order valence-electron chi connectivity index (χ1n) is 11.4. The van der Waals surface area contributed by atoms with Gasteiger partial charge < -0.3 is 9.30 Å². The zero-order valence-corrected chi connectivity index (χ0v) is 22.0. The number of aryl methyl sites for hydroxylation is 1. The fourth-order valence-corrected chi connectivity index (χ4v) is 5.51. The van der Waals surface area contributed by atoms with E-state index < -0.39 is 15.4 Å². The van der Waals surface area contributed by atoms with Crippen LogP contribution < -0.4 is 5.32 Å². The Morgan fingerprint density at radius 2 is 1.83 bits per heavy atom. The standard InChI is InChI=1S/C26H28N4O4S2/c1-19-6-8-21(9-7-19)36(32,33)16-15-34-26(2,3)23-18-35-25(28-23)29-24(31)22-5-4-14-30(22)17-20-10-12-27-13-11-20/h4-14,18H,15-17H2,1-3H3,(H,28,29,31). The molecule has 0 atom stereocenters. The summed E-state index contributed by atoms with van der Waals surface area (Å²) in [7, 11) is -3.45. The smallest absolute Gasteiger partial charge is 0.274 e. The van der Waals surface area contributed by atoms with Crippen LogP contribution in [0, 0.1) is 6.92 Å². The molecule has 3 aromatic heterocycles. The topological polar surface area (TPSA) is 103 Å². The van der Waals surface area contributed by atoms with Crippen molar-refractivity contribution in [2.75, 3.05) is 17.7 Å². The maximum Gasteiger partial charge on any atom is 0.274 e. The van der Waals surface area contributed by atoms with Crippen LogP contribution in [0.25, 0.3) is 0 Å². The van der Waals surface area contributed by atoms with Crippen molar-refractivity contribution in [2.45, 2.75) is 37.8 Å². The highest BCUT2D eigenvalue weighted by Crippen LogP contribution is 2.29. The van der Waals surface area contributed by atoms with Crippen LogP contribution in [0.4, 0.5) is 5.13 Å². The van der Waals surface area contributed by atoms with Crippen LogP contribution in [0.5, 0.6) is 0 Å². The molecular formula is C26H28N4O4S2. The van der Waals surface area contributed by atoms with Crippen LogP contribution in [-0.4, -0.2) is 41.2 Å². The van der Waals surface area contributed by atoms with Crippen LogP contribution in [0.1, 0.15) is 41.2 Å². The van der Waals surface area contributed by atoms with Crippen molar-refractivity contribution in [3.8, 4) is 0 Å². The number of hydrogen-bond donors (Lipinski definition) is 1. The molecule has 188 valence electrons. The van der Waals surface area contributed by atoms with Gasteiger partial charge in [-0.05, 0) is 62.7 Å². The minimum absolute atomic E-state index is 0.0188. The van der Waals surface area contributed by atoms with E-state index in [1.807, 2.05) is 49.7 Å². The number of sulfone groups is 1. The van der Waals surface area contributed by atoms with E-state index in [9.17, 15) is 13.2 Å². The van der Waals surface area contributed by atoms with Crippen molar-refractivity contribution in [1.29, 1.82) is 0 Å². The molecular weight excluding hydrogens is 496 g/mol. The molecule has 0 aliphatic heterocycles. The van der Waals surface area contributed by atoms with Gasteiger partial charge in [-0.15, -0.1) is 11.3 Å². The molecule has 0 radical (unpaired) electrons. The summed E-state index contributed by atoms with van der Waals surface area (Å²) in [5.41, 5.74) is 2.34. The maximum absolute atomic E-state index is 12.9. The minimum atomic E-state index is -3.45. The Balaban J connectivity index is 1.36. The van der Waals surface area contributed by atoms with E-state index in [0.29, 0.717) is 23.1 Å². The molecule has 1 amide bonds. The fraction of sp³-hybridized carbons (Fsp3) is 0.269. The van der Waals surface area contributed by atoms with Gasteiger partial charge in [0.05, 0.1) is 22.9 Å². The number of hydrogen-bond acceptors (Lipinski definition) is 7. The lowest BCUT2D eigenvalue weighted by atomic mass is 10.1. The van der Waals surface area contributed by atoms with Gasteiger partial charge in [0.2, 0.25) is 0 Å². The van der Waals surface area contributed by atoms with Gasteiger partial charge in [-0.3, -0.25) is 15.1 Å². The van der Waals surface area contributed by atoms with Gasteiger partial charge in [0.15, 0.2) is 15.0 Å². The summed E-state index contributed by atoms with van der Waals surface area (Å²) < 4.78 is 33.0. The second-order valence-electron chi connectivity index (χ2n) is 8.86. The van der Waals surface area contributed by atoms with E-state index in [0.717, 1.165) is 11.1 Å². The number of benzene rings is 1. The zero-order valence-electron chi connectivity index (χ0n) is 20.3. The lowest BCUT2D eigenvalue weighted by Gasteiger charge is -2.23. The average molecular weight is 525 g/mol.